The third kappa shape index (κ3) is 2.01. The minimum Gasteiger partial charge on any atom is -0.381 e. The standard InChI is InChI=1S/C15H21NO2/c1-15(2)9-13-12(14(17)10-15)3-6-16(13)11-4-7-18-8-5-11/h3,6,11H,4-5,7-10H2,1-2H3. The highest BCUT2D eigenvalue weighted by Crippen LogP contribution is 2.37. The number of ketones is 1. The first kappa shape index (κ1) is 12.0. The maximum absolute atomic E-state index is 12.2. The summed E-state index contributed by atoms with van der Waals surface area (Å²) in [6.07, 6.45) is 5.93. The number of aromatic nitrogens is 1. The first-order valence-electron chi connectivity index (χ1n) is 6.87. The number of ether oxygens (including phenoxy) is 1. The van der Waals surface area contributed by atoms with Crippen molar-refractivity contribution in [3.8, 4) is 0 Å². The second kappa shape index (κ2) is 4.23. The maximum Gasteiger partial charge on any atom is 0.165 e. The number of carbonyl (C=O) groups is 1. The van der Waals surface area contributed by atoms with Crippen LogP contribution in [0.2, 0.25) is 0 Å². The topological polar surface area (TPSA) is 31.2 Å². The molecule has 98 valence electrons. The van der Waals surface area contributed by atoms with Gasteiger partial charge in [-0.05, 0) is 30.7 Å². The number of hydrogen-bond donors (Lipinski definition) is 0. The molecule has 1 saturated heterocycles. The van der Waals surface area contributed by atoms with Crippen molar-refractivity contribution in [2.45, 2.75) is 45.6 Å². The van der Waals surface area contributed by atoms with Gasteiger partial charge >= 0.3 is 0 Å². The van der Waals surface area contributed by atoms with Crippen LogP contribution in [0.25, 0.3) is 0 Å². The summed E-state index contributed by atoms with van der Waals surface area (Å²) in [6, 6.07) is 2.53. The van der Waals surface area contributed by atoms with Gasteiger partial charge in [0.2, 0.25) is 0 Å². The summed E-state index contributed by atoms with van der Waals surface area (Å²) < 4.78 is 7.77. The Morgan fingerprint density at radius 3 is 2.72 bits per heavy atom. The van der Waals surface area contributed by atoms with Gasteiger partial charge in [0.1, 0.15) is 0 Å². The highest BCUT2D eigenvalue weighted by Gasteiger charge is 2.34. The fourth-order valence-electron chi connectivity index (χ4n) is 3.27. The molecule has 1 aromatic heterocycles. The third-order valence-corrected chi connectivity index (χ3v) is 4.19. The van der Waals surface area contributed by atoms with Gasteiger partial charge in [-0.1, -0.05) is 13.8 Å². The summed E-state index contributed by atoms with van der Waals surface area (Å²) in [5.74, 6) is 0.312. The van der Waals surface area contributed by atoms with E-state index in [0.29, 0.717) is 18.2 Å². The van der Waals surface area contributed by atoms with E-state index in [1.54, 1.807) is 0 Å². The second-order valence-electron chi connectivity index (χ2n) is 6.37. The summed E-state index contributed by atoms with van der Waals surface area (Å²) >= 11 is 0. The van der Waals surface area contributed by atoms with Gasteiger partial charge < -0.3 is 9.30 Å². The lowest BCUT2D eigenvalue weighted by Crippen LogP contribution is -2.30. The molecular weight excluding hydrogens is 226 g/mol. The fourth-order valence-corrected chi connectivity index (χ4v) is 3.27. The van der Waals surface area contributed by atoms with E-state index in [0.717, 1.165) is 38.0 Å². The smallest absolute Gasteiger partial charge is 0.165 e. The number of hydrogen-bond acceptors (Lipinski definition) is 2. The Morgan fingerprint density at radius 2 is 2.00 bits per heavy atom. The van der Waals surface area contributed by atoms with Crippen LogP contribution in [0.15, 0.2) is 12.3 Å². The Hall–Kier alpha value is -1.09. The lowest BCUT2D eigenvalue weighted by Gasteiger charge is -2.32. The molecule has 1 aliphatic heterocycles. The molecule has 0 unspecified atom stereocenters. The summed E-state index contributed by atoms with van der Waals surface area (Å²) in [5, 5.41) is 0. The molecule has 18 heavy (non-hydrogen) atoms. The monoisotopic (exact) mass is 247 g/mol. The van der Waals surface area contributed by atoms with Crippen LogP contribution in [0, 0.1) is 5.41 Å². The van der Waals surface area contributed by atoms with E-state index >= 15 is 0 Å². The van der Waals surface area contributed by atoms with Crippen molar-refractivity contribution in [3.05, 3.63) is 23.5 Å². The fraction of sp³-hybridized carbons (Fsp3) is 0.667. The number of rotatable bonds is 1. The van der Waals surface area contributed by atoms with Crippen LogP contribution in [0.1, 0.15) is 55.2 Å². The van der Waals surface area contributed by atoms with Crippen molar-refractivity contribution in [2.75, 3.05) is 13.2 Å². The Morgan fingerprint density at radius 1 is 1.28 bits per heavy atom. The molecule has 1 aromatic rings. The summed E-state index contributed by atoms with van der Waals surface area (Å²) in [4.78, 5) is 12.2. The SMILES string of the molecule is CC1(C)CC(=O)c2ccn(C3CCOCC3)c2C1. The lowest BCUT2D eigenvalue weighted by molar-refractivity contribution is 0.0681. The minimum atomic E-state index is 0.103. The molecule has 0 amide bonds. The Balaban J connectivity index is 1.96. The number of Topliss-reactive ketones (excluding diaryl/α,β-unsaturated/α-hetero) is 1. The zero-order chi connectivity index (χ0) is 12.8. The van der Waals surface area contributed by atoms with Crippen LogP contribution in [-0.2, 0) is 11.2 Å². The molecule has 0 spiro atoms. The molecule has 3 rings (SSSR count). The summed E-state index contributed by atoms with van der Waals surface area (Å²) in [6.45, 7) is 6.06. The molecule has 0 saturated carbocycles. The highest BCUT2D eigenvalue weighted by molar-refractivity contribution is 5.98. The molecular formula is C15H21NO2. The van der Waals surface area contributed by atoms with Crippen LogP contribution < -0.4 is 0 Å². The predicted octanol–water partition coefficient (Wildman–Crippen LogP) is 2.99. The molecule has 0 bridgehead atoms. The molecule has 3 heteroatoms. The molecule has 2 heterocycles. The molecule has 3 nitrogen and oxygen atoms in total. The van der Waals surface area contributed by atoms with E-state index in [-0.39, 0.29) is 5.41 Å². The quantitative estimate of drug-likeness (QED) is 0.764. The van der Waals surface area contributed by atoms with Crippen LogP contribution >= 0.6 is 0 Å². The summed E-state index contributed by atoms with van der Waals surface area (Å²) in [5.41, 5.74) is 2.31. The van der Waals surface area contributed by atoms with Crippen LogP contribution in [0.4, 0.5) is 0 Å². The molecule has 1 aliphatic carbocycles. The molecule has 0 atom stereocenters. The Kier molecular flexibility index (Phi) is 2.81. The van der Waals surface area contributed by atoms with Crippen LogP contribution in [0.5, 0.6) is 0 Å². The zero-order valence-electron chi connectivity index (χ0n) is 11.2. The predicted molar refractivity (Wildman–Crippen MR) is 70.0 cm³/mol. The van der Waals surface area contributed by atoms with E-state index in [1.807, 2.05) is 6.07 Å². The van der Waals surface area contributed by atoms with Crippen molar-refractivity contribution < 1.29 is 9.53 Å². The van der Waals surface area contributed by atoms with Crippen molar-refractivity contribution in [1.29, 1.82) is 0 Å². The second-order valence-corrected chi connectivity index (χ2v) is 6.37. The molecule has 2 aliphatic rings. The first-order valence-corrected chi connectivity index (χ1v) is 6.87. The Labute approximate surface area is 108 Å². The molecule has 1 fully saturated rings. The van der Waals surface area contributed by atoms with E-state index in [1.165, 1.54) is 5.69 Å². The minimum absolute atomic E-state index is 0.103. The normalized spacial score (nSPS) is 24.0. The molecule has 0 radical (unpaired) electrons. The van der Waals surface area contributed by atoms with Crippen LogP contribution in [0.3, 0.4) is 0 Å². The van der Waals surface area contributed by atoms with Gasteiger partial charge in [0.15, 0.2) is 5.78 Å². The Bertz CT molecular complexity index is 467. The van der Waals surface area contributed by atoms with Gasteiger partial charge in [-0.2, -0.15) is 0 Å². The van der Waals surface area contributed by atoms with E-state index in [4.69, 9.17) is 4.74 Å². The van der Waals surface area contributed by atoms with E-state index in [9.17, 15) is 4.79 Å². The van der Waals surface area contributed by atoms with Gasteiger partial charge in [-0.15, -0.1) is 0 Å². The average molecular weight is 247 g/mol. The van der Waals surface area contributed by atoms with Crippen molar-refractivity contribution >= 4 is 5.78 Å². The maximum atomic E-state index is 12.2. The van der Waals surface area contributed by atoms with Crippen molar-refractivity contribution in [1.82, 2.24) is 4.57 Å². The number of nitrogens with zero attached hydrogens (tertiary/aromatic N) is 1. The first-order chi connectivity index (χ1) is 8.57. The highest BCUT2D eigenvalue weighted by atomic mass is 16.5. The van der Waals surface area contributed by atoms with Crippen molar-refractivity contribution in [3.63, 3.8) is 0 Å². The van der Waals surface area contributed by atoms with Crippen LogP contribution in [-0.4, -0.2) is 23.6 Å². The van der Waals surface area contributed by atoms with Crippen molar-refractivity contribution in [2.24, 2.45) is 5.41 Å². The van der Waals surface area contributed by atoms with Gasteiger partial charge in [0, 0.05) is 43.1 Å². The van der Waals surface area contributed by atoms with Gasteiger partial charge in [-0.3, -0.25) is 4.79 Å². The zero-order valence-corrected chi connectivity index (χ0v) is 11.2. The molecule has 0 aromatic carbocycles. The van der Waals surface area contributed by atoms with Gasteiger partial charge in [0.25, 0.3) is 0 Å². The van der Waals surface area contributed by atoms with Gasteiger partial charge in [0.05, 0.1) is 0 Å². The third-order valence-electron chi connectivity index (χ3n) is 4.19. The van der Waals surface area contributed by atoms with E-state index < -0.39 is 0 Å². The average Bonchev–Trinajstić information content (AvgIpc) is 2.72. The van der Waals surface area contributed by atoms with E-state index in [2.05, 4.69) is 24.6 Å². The number of carbonyl (C=O) groups excluding carboxylic acids is 1. The summed E-state index contributed by atoms with van der Waals surface area (Å²) in [7, 11) is 0. The number of fused-ring (bicyclic) bond motifs is 1. The molecule has 0 N–H and O–H groups in total. The largest absolute Gasteiger partial charge is 0.381 e. The van der Waals surface area contributed by atoms with Gasteiger partial charge in [-0.25, -0.2) is 0 Å². The lowest BCUT2D eigenvalue weighted by atomic mass is 9.76.